The summed E-state index contributed by atoms with van der Waals surface area (Å²) in [6, 6.07) is 9.93. The van der Waals surface area contributed by atoms with Crippen LogP contribution in [0.25, 0.3) is 0 Å². The van der Waals surface area contributed by atoms with Gasteiger partial charge in [0.15, 0.2) is 5.82 Å². The second kappa shape index (κ2) is 7.37. The molecule has 6 nitrogen and oxygen atoms in total. The van der Waals surface area contributed by atoms with Crippen molar-refractivity contribution in [1.82, 2.24) is 25.4 Å². The van der Waals surface area contributed by atoms with E-state index in [-0.39, 0.29) is 11.9 Å². The van der Waals surface area contributed by atoms with E-state index in [2.05, 4.69) is 25.4 Å². The van der Waals surface area contributed by atoms with Gasteiger partial charge in [-0.1, -0.05) is 30.3 Å². The zero-order valence-corrected chi connectivity index (χ0v) is 13.5. The van der Waals surface area contributed by atoms with Crippen LogP contribution < -0.4 is 10.6 Å². The minimum absolute atomic E-state index is 0.0467. The predicted molar refractivity (Wildman–Crippen MR) is 87.9 cm³/mol. The lowest BCUT2D eigenvalue weighted by atomic mass is 10.1. The average molecular weight is 313 g/mol. The molecule has 2 heterocycles. The molecule has 1 unspecified atom stereocenters. The van der Waals surface area contributed by atoms with Crippen molar-refractivity contribution in [3.8, 4) is 0 Å². The van der Waals surface area contributed by atoms with Crippen LogP contribution in [0.15, 0.2) is 30.3 Å². The molecule has 0 radical (unpaired) electrons. The van der Waals surface area contributed by atoms with Crippen molar-refractivity contribution in [2.75, 3.05) is 13.1 Å². The van der Waals surface area contributed by atoms with Gasteiger partial charge >= 0.3 is 0 Å². The molecule has 2 aromatic rings. The number of nitrogens with one attached hydrogen (secondary N) is 2. The van der Waals surface area contributed by atoms with Crippen LogP contribution in [0.3, 0.4) is 0 Å². The third-order valence-corrected chi connectivity index (χ3v) is 4.14. The summed E-state index contributed by atoms with van der Waals surface area (Å²) in [7, 11) is 0. The van der Waals surface area contributed by atoms with E-state index >= 15 is 0 Å². The van der Waals surface area contributed by atoms with Gasteiger partial charge < -0.3 is 15.2 Å². The van der Waals surface area contributed by atoms with Crippen molar-refractivity contribution in [3.63, 3.8) is 0 Å². The number of hydrogen-bond acceptors (Lipinski definition) is 4. The quantitative estimate of drug-likeness (QED) is 0.871. The van der Waals surface area contributed by atoms with E-state index in [9.17, 15) is 4.79 Å². The summed E-state index contributed by atoms with van der Waals surface area (Å²) in [6.45, 7) is 4.65. The first-order valence-corrected chi connectivity index (χ1v) is 8.20. The van der Waals surface area contributed by atoms with Crippen molar-refractivity contribution >= 4 is 5.91 Å². The van der Waals surface area contributed by atoms with Crippen LogP contribution in [-0.2, 0) is 24.2 Å². The Kier molecular flexibility index (Phi) is 5.02. The minimum Gasteiger partial charge on any atom is -0.346 e. The van der Waals surface area contributed by atoms with Gasteiger partial charge in [-0.2, -0.15) is 0 Å². The Balaban J connectivity index is 1.57. The van der Waals surface area contributed by atoms with Crippen molar-refractivity contribution < 1.29 is 4.79 Å². The average Bonchev–Trinajstić information content (AvgIpc) is 2.83. The lowest BCUT2D eigenvalue weighted by molar-refractivity contribution is -0.121. The molecule has 0 saturated carbocycles. The van der Waals surface area contributed by atoms with E-state index in [4.69, 9.17) is 0 Å². The van der Waals surface area contributed by atoms with Gasteiger partial charge in [-0.15, -0.1) is 10.2 Å². The maximum Gasteiger partial charge on any atom is 0.220 e. The Morgan fingerprint density at radius 2 is 2.13 bits per heavy atom. The Bertz CT molecular complexity index is 652. The van der Waals surface area contributed by atoms with Gasteiger partial charge in [0, 0.05) is 32.5 Å². The third-order valence-electron chi connectivity index (χ3n) is 4.14. The summed E-state index contributed by atoms with van der Waals surface area (Å²) in [5, 5.41) is 14.9. The SMILES string of the molecule is CC(NC(=O)CCc1ccccc1)c1nnc2n1CCNCC2. The maximum absolute atomic E-state index is 12.2. The Hall–Kier alpha value is -2.21. The first-order valence-electron chi connectivity index (χ1n) is 8.20. The molecule has 1 aromatic heterocycles. The molecule has 0 spiro atoms. The molecule has 1 amide bonds. The van der Waals surface area contributed by atoms with Crippen LogP contribution in [0.1, 0.15) is 36.6 Å². The van der Waals surface area contributed by atoms with E-state index in [1.54, 1.807) is 0 Å². The second-order valence-corrected chi connectivity index (χ2v) is 5.90. The zero-order valence-electron chi connectivity index (χ0n) is 13.5. The van der Waals surface area contributed by atoms with Gasteiger partial charge in [0.1, 0.15) is 5.82 Å². The van der Waals surface area contributed by atoms with E-state index in [0.29, 0.717) is 6.42 Å². The normalized spacial score (nSPS) is 15.5. The van der Waals surface area contributed by atoms with Crippen LogP contribution in [0.5, 0.6) is 0 Å². The molecule has 0 aliphatic carbocycles. The van der Waals surface area contributed by atoms with Gasteiger partial charge in [0.25, 0.3) is 0 Å². The number of amides is 1. The summed E-state index contributed by atoms with van der Waals surface area (Å²) < 4.78 is 2.13. The molecule has 0 saturated heterocycles. The predicted octanol–water partition coefficient (Wildman–Crippen LogP) is 1.23. The molecule has 122 valence electrons. The molecular formula is C17H23N5O. The third kappa shape index (κ3) is 3.96. The number of aryl methyl sites for hydroxylation is 1. The molecule has 1 atom stereocenters. The monoisotopic (exact) mass is 313 g/mol. The number of carbonyl (C=O) groups excluding carboxylic acids is 1. The smallest absolute Gasteiger partial charge is 0.220 e. The Labute approximate surface area is 136 Å². The first kappa shape index (κ1) is 15.7. The van der Waals surface area contributed by atoms with E-state index < -0.39 is 0 Å². The summed E-state index contributed by atoms with van der Waals surface area (Å²) in [4.78, 5) is 12.2. The summed E-state index contributed by atoms with van der Waals surface area (Å²) in [5.41, 5.74) is 1.18. The number of fused-ring (bicyclic) bond motifs is 1. The second-order valence-electron chi connectivity index (χ2n) is 5.90. The lowest BCUT2D eigenvalue weighted by Gasteiger charge is -2.15. The summed E-state index contributed by atoms with van der Waals surface area (Å²) in [5.74, 6) is 1.89. The molecule has 0 fully saturated rings. The zero-order chi connectivity index (χ0) is 16.1. The molecule has 1 aliphatic rings. The highest BCUT2D eigenvalue weighted by Crippen LogP contribution is 2.14. The summed E-state index contributed by atoms with van der Waals surface area (Å²) in [6.07, 6.45) is 2.11. The molecule has 3 rings (SSSR count). The van der Waals surface area contributed by atoms with Crippen LogP contribution >= 0.6 is 0 Å². The van der Waals surface area contributed by atoms with Gasteiger partial charge in [0.2, 0.25) is 5.91 Å². The summed E-state index contributed by atoms with van der Waals surface area (Å²) >= 11 is 0. The van der Waals surface area contributed by atoms with Crippen LogP contribution in [-0.4, -0.2) is 33.8 Å². The number of carbonyl (C=O) groups is 1. The largest absolute Gasteiger partial charge is 0.346 e. The van der Waals surface area contributed by atoms with Crippen molar-refractivity contribution in [1.29, 1.82) is 0 Å². The Morgan fingerprint density at radius 1 is 1.30 bits per heavy atom. The number of nitrogens with zero attached hydrogens (tertiary/aromatic N) is 3. The Morgan fingerprint density at radius 3 is 2.96 bits per heavy atom. The molecule has 1 aliphatic heterocycles. The number of hydrogen-bond donors (Lipinski definition) is 2. The van der Waals surface area contributed by atoms with Crippen molar-refractivity contribution in [2.24, 2.45) is 0 Å². The fourth-order valence-electron chi connectivity index (χ4n) is 2.89. The standard InChI is InChI=1S/C17H23N5O/c1-13(17-21-20-15-9-10-18-11-12-22(15)17)19-16(23)8-7-14-5-3-2-4-6-14/h2-6,13,18H,7-12H2,1H3,(H,19,23). The van der Waals surface area contributed by atoms with Crippen molar-refractivity contribution in [3.05, 3.63) is 47.5 Å². The van der Waals surface area contributed by atoms with Crippen molar-refractivity contribution in [2.45, 2.75) is 38.8 Å². The molecule has 0 bridgehead atoms. The fourth-order valence-corrected chi connectivity index (χ4v) is 2.89. The topological polar surface area (TPSA) is 71.8 Å². The number of rotatable bonds is 5. The van der Waals surface area contributed by atoms with E-state index in [1.807, 2.05) is 37.3 Å². The van der Waals surface area contributed by atoms with E-state index in [0.717, 1.165) is 44.1 Å². The van der Waals surface area contributed by atoms with Crippen LogP contribution in [0.2, 0.25) is 0 Å². The molecule has 6 heteroatoms. The van der Waals surface area contributed by atoms with Gasteiger partial charge in [0.05, 0.1) is 6.04 Å². The van der Waals surface area contributed by atoms with Gasteiger partial charge in [-0.05, 0) is 18.9 Å². The van der Waals surface area contributed by atoms with Gasteiger partial charge in [-0.25, -0.2) is 0 Å². The molecule has 2 N–H and O–H groups in total. The van der Waals surface area contributed by atoms with E-state index in [1.165, 1.54) is 5.56 Å². The maximum atomic E-state index is 12.2. The van der Waals surface area contributed by atoms with Crippen LogP contribution in [0, 0.1) is 0 Å². The molecule has 23 heavy (non-hydrogen) atoms. The highest BCUT2D eigenvalue weighted by atomic mass is 16.1. The molecule has 1 aromatic carbocycles. The molecular weight excluding hydrogens is 290 g/mol. The lowest BCUT2D eigenvalue weighted by Crippen LogP contribution is -2.29. The van der Waals surface area contributed by atoms with Gasteiger partial charge in [-0.3, -0.25) is 4.79 Å². The fraction of sp³-hybridized carbons (Fsp3) is 0.471. The highest BCUT2D eigenvalue weighted by Gasteiger charge is 2.20. The minimum atomic E-state index is -0.127. The number of aromatic nitrogens is 3. The van der Waals surface area contributed by atoms with Crippen LogP contribution in [0.4, 0.5) is 0 Å². The first-order chi connectivity index (χ1) is 11.2. The highest BCUT2D eigenvalue weighted by molar-refractivity contribution is 5.76. The number of benzene rings is 1.